The van der Waals surface area contributed by atoms with Crippen LogP contribution in [-0.4, -0.2) is 50.2 Å². The van der Waals surface area contributed by atoms with Gasteiger partial charge in [0, 0.05) is 36.6 Å². The van der Waals surface area contributed by atoms with E-state index in [1.54, 1.807) is 36.4 Å². The number of anilines is 2. The maximum absolute atomic E-state index is 13.8. The molecule has 0 atom stereocenters. The molecule has 1 aliphatic heterocycles. The molecule has 1 N–H and O–H groups in total. The minimum absolute atomic E-state index is 0.0491. The number of benzene rings is 3. The van der Waals surface area contributed by atoms with Crippen molar-refractivity contribution in [2.75, 3.05) is 25.0 Å². The van der Waals surface area contributed by atoms with Crippen molar-refractivity contribution in [1.82, 2.24) is 24.4 Å². The van der Waals surface area contributed by atoms with Gasteiger partial charge in [0.15, 0.2) is 0 Å². The number of carbonyl (C=O) groups excluding carboxylic acids is 1. The zero-order chi connectivity index (χ0) is 30.3. The highest BCUT2D eigenvalue weighted by atomic mass is 19.1. The predicted octanol–water partition coefficient (Wildman–Crippen LogP) is 7.26. The van der Waals surface area contributed by atoms with Gasteiger partial charge in [0.05, 0.1) is 24.2 Å². The SMILES string of the molecule is CCOC(=O)N1CCC(n2c(-c3ccnc(Nc4ccc(OCc5ccccc5)cc4)n3)cnc2-c2ccc(F)cc2)CC1. The maximum atomic E-state index is 13.8. The van der Waals surface area contributed by atoms with Crippen LogP contribution in [0.25, 0.3) is 22.8 Å². The number of halogens is 1. The summed E-state index contributed by atoms with van der Waals surface area (Å²) >= 11 is 0. The van der Waals surface area contributed by atoms with Crippen LogP contribution in [0.1, 0.15) is 31.4 Å². The predicted molar refractivity (Wildman–Crippen MR) is 166 cm³/mol. The van der Waals surface area contributed by atoms with Crippen molar-refractivity contribution in [3.8, 4) is 28.5 Å². The van der Waals surface area contributed by atoms with Crippen LogP contribution in [0.4, 0.5) is 20.8 Å². The average Bonchev–Trinajstić information content (AvgIpc) is 3.51. The molecule has 0 saturated carbocycles. The maximum Gasteiger partial charge on any atom is 0.409 e. The smallest absolute Gasteiger partial charge is 0.409 e. The Morgan fingerprint density at radius 2 is 1.70 bits per heavy atom. The third-order valence-electron chi connectivity index (χ3n) is 7.53. The quantitative estimate of drug-likeness (QED) is 0.192. The van der Waals surface area contributed by atoms with E-state index in [1.165, 1.54) is 12.1 Å². The van der Waals surface area contributed by atoms with Crippen molar-refractivity contribution in [3.05, 3.63) is 109 Å². The molecule has 0 spiro atoms. The van der Waals surface area contributed by atoms with Gasteiger partial charge in [-0.05, 0) is 79.9 Å². The molecule has 5 aromatic rings. The van der Waals surface area contributed by atoms with E-state index in [-0.39, 0.29) is 18.0 Å². The lowest BCUT2D eigenvalue weighted by Gasteiger charge is -2.33. The van der Waals surface area contributed by atoms with Crippen LogP contribution in [0.5, 0.6) is 5.75 Å². The third-order valence-corrected chi connectivity index (χ3v) is 7.53. The molecule has 224 valence electrons. The van der Waals surface area contributed by atoms with Gasteiger partial charge in [-0.25, -0.2) is 24.1 Å². The summed E-state index contributed by atoms with van der Waals surface area (Å²) in [6, 6.07) is 25.9. The molecule has 1 fully saturated rings. The highest BCUT2D eigenvalue weighted by molar-refractivity contribution is 5.68. The van der Waals surface area contributed by atoms with Gasteiger partial charge in [0.2, 0.25) is 5.95 Å². The average molecular weight is 593 g/mol. The Kier molecular flexibility index (Phi) is 8.77. The molecule has 9 nitrogen and oxygen atoms in total. The number of aromatic nitrogens is 4. The first kappa shape index (κ1) is 28.9. The van der Waals surface area contributed by atoms with Crippen LogP contribution in [0, 0.1) is 5.82 Å². The Balaban J connectivity index is 1.22. The molecule has 0 aliphatic carbocycles. The summed E-state index contributed by atoms with van der Waals surface area (Å²) in [5.74, 6) is 1.61. The molecule has 2 aromatic heterocycles. The van der Waals surface area contributed by atoms with E-state index in [9.17, 15) is 9.18 Å². The monoisotopic (exact) mass is 592 g/mol. The Labute approximate surface area is 255 Å². The first-order valence-electron chi connectivity index (χ1n) is 14.7. The first-order valence-corrected chi connectivity index (χ1v) is 14.7. The Hall–Kier alpha value is -5.25. The molecule has 10 heteroatoms. The molecule has 6 rings (SSSR count). The molecule has 0 bridgehead atoms. The Bertz CT molecular complexity index is 1680. The summed E-state index contributed by atoms with van der Waals surface area (Å²) in [6.07, 6.45) is 4.64. The fourth-order valence-corrected chi connectivity index (χ4v) is 5.32. The summed E-state index contributed by atoms with van der Waals surface area (Å²) in [5.41, 5.74) is 4.23. The van der Waals surface area contributed by atoms with E-state index in [0.29, 0.717) is 56.6 Å². The van der Waals surface area contributed by atoms with E-state index < -0.39 is 0 Å². The van der Waals surface area contributed by atoms with Crippen LogP contribution >= 0.6 is 0 Å². The fraction of sp³-hybridized carbons (Fsp3) is 0.235. The molecular weight excluding hydrogens is 559 g/mol. The molecule has 1 saturated heterocycles. The second-order valence-corrected chi connectivity index (χ2v) is 10.5. The van der Waals surface area contributed by atoms with Gasteiger partial charge in [-0.2, -0.15) is 0 Å². The number of nitrogens with zero attached hydrogens (tertiary/aromatic N) is 5. The Morgan fingerprint density at radius 3 is 2.43 bits per heavy atom. The number of nitrogens with one attached hydrogen (secondary N) is 1. The molecule has 1 amide bonds. The van der Waals surface area contributed by atoms with E-state index in [4.69, 9.17) is 19.4 Å². The number of imidazole rings is 1. The summed E-state index contributed by atoms with van der Waals surface area (Å²) in [5, 5.41) is 3.28. The van der Waals surface area contributed by atoms with E-state index in [1.807, 2.05) is 60.7 Å². The normalized spacial score (nSPS) is 13.5. The summed E-state index contributed by atoms with van der Waals surface area (Å²) < 4.78 is 27.0. The van der Waals surface area contributed by atoms with Gasteiger partial charge in [-0.15, -0.1) is 0 Å². The summed E-state index contributed by atoms with van der Waals surface area (Å²) in [7, 11) is 0. The highest BCUT2D eigenvalue weighted by Crippen LogP contribution is 2.35. The van der Waals surface area contributed by atoms with Crippen molar-refractivity contribution >= 4 is 17.7 Å². The Morgan fingerprint density at radius 1 is 0.955 bits per heavy atom. The molecule has 44 heavy (non-hydrogen) atoms. The minimum Gasteiger partial charge on any atom is -0.489 e. The van der Waals surface area contributed by atoms with Crippen molar-refractivity contribution in [2.24, 2.45) is 0 Å². The number of hydrogen-bond acceptors (Lipinski definition) is 7. The second kappa shape index (κ2) is 13.4. The second-order valence-electron chi connectivity index (χ2n) is 10.5. The van der Waals surface area contributed by atoms with Gasteiger partial charge in [-0.1, -0.05) is 30.3 Å². The van der Waals surface area contributed by atoms with E-state index in [2.05, 4.69) is 14.9 Å². The number of piperidine rings is 1. The lowest BCUT2D eigenvalue weighted by atomic mass is 10.0. The molecule has 3 aromatic carbocycles. The van der Waals surface area contributed by atoms with Gasteiger partial charge >= 0.3 is 6.09 Å². The highest BCUT2D eigenvalue weighted by Gasteiger charge is 2.28. The van der Waals surface area contributed by atoms with Crippen molar-refractivity contribution < 1.29 is 18.7 Å². The molecule has 0 radical (unpaired) electrons. The molecule has 3 heterocycles. The standard InChI is InChI=1S/C34H33FN6O3/c1-2-43-34(42)40-20-17-28(18-21-40)41-31(22-37-32(41)25-8-10-26(35)11-9-25)30-16-19-36-33(39-30)38-27-12-14-29(15-13-27)44-23-24-6-4-3-5-7-24/h3-16,19,22,28H,2,17-18,20-21,23H2,1H3,(H,36,38,39). The number of hydrogen-bond donors (Lipinski definition) is 1. The molecule has 0 unspecified atom stereocenters. The fourth-order valence-electron chi connectivity index (χ4n) is 5.32. The zero-order valence-corrected chi connectivity index (χ0v) is 24.4. The van der Waals surface area contributed by atoms with Crippen LogP contribution in [0.2, 0.25) is 0 Å². The summed E-state index contributed by atoms with van der Waals surface area (Å²) in [4.78, 5) is 28.1. The van der Waals surface area contributed by atoms with Crippen LogP contribution in [-0.2, 0) is 11.3 Å². The number of carbonyl (C=O) groups is 1. The number of rotatable bonds is 9. The lowest BCUT2D eigenvalue weighted by Crippen LogP contribution is -2.39. The van der Waals surface area contributed by atoms with Gasteiger partial charge in [0.1, 0.15) is 24.0 Å². The van der Waals surface area contributed by atoms with Crippen LogP contribution in [0.15, 0.2) is 97.3 Å². The summed E-state index contributed by atoms with van der Waals surface area (Å²) in [6.45, 7) is 3.76. The lowest BCUT2D eigenvalue weighted by molar-refractivity contribution is 0.0929. The minimum atomic E-state index is -0.308. The molecular formula is C34H33FN6O3. The van der Waals surface area contributed by atoms with Crippen molar-refractivity contribution in [2.45, 2.75) is 32.4 Å². The molecule has 1 aliphatic rings. The first-order chi connectivity index (χ1) is 21.6. The van der Waals surface area contributed by atoms with Crippen molar-refractivity contribution in [3.63, 3.8) is 0 Å². The topological polar surface area (TPSA) is 94.4 Å². The zero-order valence-electron chi connectivity index (χ0n) is 24.4. The largest absolute Gasteiger partial charge is 0.489 e. The van der Waals surface area contributed by atoms with Crippen LogP contribution < -0.4 is 10.1 Å². The third kappa shape index (κ3) is 6.70. The number of ether oxygens (including phenoxy) is 2. The van der Waals surface area contributed by atoms with E-state index in [0.717, 1.165) is 28.3 Å². The van der Waals surface area contributed by atoms with Crippen LogP contribution in [0.3, 0.4) is 0 Å². The van der Waals surface area contributed by atoms with Gasteiger partial charge < -0.3 is 24.3 Å². The van der Waals surface area contributed by atoms with Gasteiger partial charge in [-0.3, -0.25) is 0 Å². The van der Waals surface area contributed by atoms with Gasteiger partial charge in [0.25, 0.3) is 0 Å². The van der Waals surface area contributed by atoms with E-state index >= 15 is 0 Å². The number of amides is 1. The number of likely N-dealkylation sites (tertiary alicyclic amines) is 1. The van der Waals surface area contributed by atoms with Crippen molar-refractivity contribution in [1.29, 1.82) is 0 Å².